The molecule has 0 aliphatic carbocycles. The molecule has 0 fully saturated rings. The van der Waals surface area contributed by atoms with E-state index in [0.717, 1.165) is 4.90 Å². The van der Waals surface area contributed by atoms with Gasteiger partial charge in [-0.15, -0.1) is 0 Å². The smallest absolute Gasteiger partial charge is 0.299 e. The number of carbonyl (C=O) groups is 2. The van der Waals surface area contributed by atoms with Crippen LogP contribution >= 0.6 is 11.6 Å². The third kappa shape index (κ3) is 1.67. The van der Waals surface area contributed by atoms with Crippen molar-refractivity contribution in [2.45, 2.75) is 6.43 Å². The maximum atomic E-state index is 12.2. The van der Waals surface area contributed by atoms with Crippen LogP contribution in [0.4, 0.5) is 14.5 Å². The van der Waals surface area contributed by atoms with Gasteiger partial charge in [-0.2, -0.15) is 0 Å². The van der Waals surface area contributed by atoms with E-state index in [4.69, 9.17) is 11.6 Å². The van der Waals surface area contributed by atoms with Crippen molar-refractivity contribution < 1.29 is 18.4 Å². The van der Waals surface area contributed by atoms with E-state index < -0.39 is 24.7 Å². The molecular formula is C10H6ClF2NO2. The third-order valence-corrected chi connectivity index (χ3v) is 2.49. The number of benzene rings is 1. The molecule has 3 nitrogen and oxygen atoms in total. The molecule has 16 heavy (non-hydrogen) atoms. The summed E-state index contributed by atoms with van der Waals surface area (Å²) in [6.07, 6.45) is -2.69. The van der Waals surface area contributed by atoms with Crippen LogP contribution in [0.2, 0.25) is 5.02 Å². The number of anilines is 1. The lowest BCUT2D eigenvalue weighted by Crippen LogP contribution is -2.33. The van der Waals surface area contributed by atoms with Gasteiger partial charge in [-0.25, -0.2) is 8.78 Å². The molecule has 0 unspecified atom stereocenters. The Morgan fingerprint density at radius 3 is 2.62 bits per heavy atom. The molecule has 1 amide bonds. The highest BCUT2D eigenvalue weighted by Gasteiger charge is 2.37. The second kappa shape index (κ2) is 3.83. The number of rotatable bonds is 2. The third-order valence-electron chi connectivity index (χ3n) is 2.26. The fourth-order valence-corrected chi connectivity index (χ4v) is 1.75. The normalized spacial score (nSPS) is 14.9. The Kier molecular flexibility index (Phi) is 2.63. The SMILES string of the molecule is O=C1C(=O)N(CC(F)F)c2cc(Cl)ccc21. The number of ketones is 1. The van der Waals surface area contributed by atoms with E-state index in [1.807, 2.05) is 0 Å². The van der Waals surface area contributed by atoms with Crippen molar-refractivity contribution >= 4 is 29.0 Å². The molecule has 2 rings (SSSR count). The maximum Gasteiger partial charge on any atom is 0.299 e. The van der Waals surface area contributed by atoms with E-state index >= 15 is 0 Å². The monoisotopic (exact) mass is 245 g/mol. The fraction of sp³-hybridized carbons (Fsp3) is 0.200. The second-order valence-electron chi connectivity index (χ2n) is 3.30. The summed E-state index contributed by atoms with van der Waals surface area (Å²) in [5, 5.41) is 0.292. The Bertz CT molecular complexity index is 476. The van der Waals surface area contributed by atoms with Gasteiger partial charge in [0.1, 0.15) is 0 Å². The Morgan fingerprint density at radius 1 is 1.31 bits per heavy atom. The Balaban J connectivity index is 2.47. The van der Waals surface area contributed by atoms with Gasteiger partial charge in [-0.1, -0.05) is 11.6 Å². The molecule has 0 saturated heterocycles. The van der Waals surface area contributed by atoms with Gasteiger partial charge in [0.15, 0.2) is 0 Å². The van der Waals surface area contributed by atoms with Gasteiger partial charge in [-0.05, 0) is 18.2 Å². The molecule has 0 radical (unpaired) electrons. The topological polar surface area (TPSA) is 37.4 Å². The van der Waals surface area contributed by atoms with Crippen molar-refractivity contribution in [1.82, 2.24) is 0 Å². The lowest BCUT2D eigenvalue weighted by atomic mass is 10.1. The molecule has 1 aromatic carbocycles. The lowest BCUT2D eigenvalue weighted by molar-refractivity contribution is -0.114. The number of amides is 1. The van der Waals surface area contributed by atoms with Gasteiger partial charge < -0.3 is 0 Å². The number of halogens is 3. The maximum absolute atomic E-state index is 12.2. The van der Waals surface area contributed by atoms with Gasteiger partial charge in [0.25, 0.3) is 18.1 Å². The molecule has 0 N–H and O–H groups in total. The molecule has 6 heteroatoms. The highest BCUT2D eigenvalue weighted by Crippen LogP contribution is 2.31. The summed E-state index contributed by atoms with van der Waals surface area (Å²) < 4.78 is 24.5. The molecule has 0 bridgehead atoms. The van der Waals surface area contributed by atoms with Crippen molar-refractivity contribution in [2.24, 2.45) is 0 Å². The second-order valence-corrected chi connectivity index (χ2v) is 3.73. The van der Waals surface area contributed by atoms with Crippen LogP contribution in [-0.2, 0) is 4.79 Å². The van der Waals surface area contributed by atoms with Crippen LogP contribution in [0.15, 0.2) is 18.2 Å². The van der Waals surface area contributed by atoms with E-state index in [0.29, 0.717) is 5.02 Å². The fourth-order valence-electron chi connectivity index (χ4n) is 1.59. The zero-order valence-corrected chi connectivity index (χ0v) is 8.67. The number of hydrogen-bond donors (Lipinski definition) is 0. The van der Waals surface area contributed by atoms with Crippen LogP contribution in [-0.4, -0.2) is 24.7 Å². The summed E-state index contributed by atoms with van der Waals surface area (Å²) in [5.41, 5.74) is 0.276. The Hall–Kier alpha value is -1.49. The quantitative estimate of drug-likeness (QED) is 0.749. The van der Waals surface area contributed by atoms with E-state index in [2.05, 4.69) is 0 Å². The number of alkyl halides is 2. The number of fused-ring (bicyclic) bond motifs is 1. The zero-order chi connectivity index (χ0) is 11.9. The summed E-state index contributed by atoms with van der Waals surface area (Å²) in [6.45, 7) is -0.794. The average molecular weight is 246 g/mol. The number of Topliss-reactive ketones (excluding diaryl/α,β-unsaturated/α-hetero) is 1. The Morgan fingerprint density at radius 2 is 2.00 bits per heavy atom. The molecule has 1 aliphatic rings. The largest absolute Gasteiger partial charge is 0.299 e. The van der Waals surface area contributed by atoms with E-state index in [1.54, 1.807) is 0 Å². The molecule has 0 aromatic heterocycles. The highest BCUT2D eigenvalue weighted by molar-refractivity contribution is 6.52. The molecule has 1 aromatic rings. The van der Waals surface area contributed by atoms with Crippen LogP contribution in [0.1, 0.15) is 10.4 Å². The lowest BCUT2D eigenvalue weighted by Gasteiger charge is -2.15. The van der Waals surface area contributed by atoms with Crippen molar-refractivity contribution in [3.8, 4) is 0 Å². The predicted molar refractivity (Wildman–Crippen MR) is 54.1 cm³/mol. The highest BCUT2D eigenvalue weighted by atomic mass is 35.5. The van der Waals surface area contributed by atoms with Crippen LogP contribution in [0.5, 0.6) is 0 Å². The van der Waals surface area contributed by atoms with Gasteiger partial charge in [-0.3, -0.25) is 14.5 Å². The van der Waals surface area contributed by atoms with Gasteiger partial charge in [0.05, 0.1) is 17.8 Å². The summed E-state index contributed by atoms with van der Waals surface area (Å²) in [5.74, 6) is -1.70. The van der Waals surface area contributed by atoms with E-state index in [-0.39, 0.29) is 11.3 Å². The average Bonchev–Trinajstić information content (AvgIpc) is 2.43. The van der Waals surface area contributed by atoms with Crippen LogP contribution in [0.3, 0.4) is 0 Å². The number of nitrogens with zero attached hydrogens (tertiary/aromatic N) is 1. The van der Waals surface area contributed by atoms with Gasteiger partial charge in [0, 0.05) is 5.02 Å². The van der Waals surface area contributed by atoms with Crippen molar-refractivity contribution in [1.29, 1.82) is 0 Å². The molecule has 0 atom stereocenters. The first-order valence-electron chi connectivity index (χ1n) is 4.44. The summed E-state index contributed by atoms with van der Waals surface area (Å²) >= 11 is 5.68. The molecule has 1 aliphatic heterocycles. The Labute approximate surface area is 94.6 Å². The minimum absolute atomic E-state index is 0.120. The van der Waals surface area contributed by atoms with Crippen LogP contribution < -0.4 is 4.90 Å². The summed E-state index contributed by atoms with van der Waals surface area (Å²) in [6, 6.07) is 4.14. The number of hydrogen-bond acceptors (Lipinski definition) is 2. The van der Waals surface area contributed by atoms with Crippen LogP contribution in [0.25, 0.3) is 0 Å². The van der Waals surface area contributed by atoms with Crippen molar-refractivity contribution in [3.63, 3.8) is 0 Å². The zero-order valence-electron chi connectivity index (χ0n) is 7.91. The molecule has 0 saturated carbocycles. The first kappa shape index (κ1) is 11.0. The van der Waals surface area contributed by atoms with Gasteiger partial charge in [0.2, 0.25) is 0 Å². The van der Waals surface area contributed by atoms with E-state index in [9.17, 15) is 18.4 Å². The summed E-state index contributed by atoms with van der Waals surface area (Å²) in [4.78, 5) is 23.6. The minimum atomic E-state index is -2.69. The molecule has 0 spiro atoms. The molecule has 1 heterocycles. The van der Waals surface area contributed by atoms with Crippen molar-refractivity contribution in [2.75, 3.05) is 11.4 Å². The van der Waals surface area contributed by atoms with Crippen LogP contribution in [0, 0.1) is 0 Å². The molecule has 84 valence electrons. The molecular weight excluding hydrogens is 240 g/mol. The van der Waals surface area contributed by atoms with E-state index in [1.165, 1.54) is 18.2 Å². The summed E-state index contributed by atoms with van der Waals surface area (Å²) in [7, 11) is 0. The number of carbonyl (C=O) groups excluding carboxylic acids is 2. The standard InChI is InChI=1S/C10H6ClF2NO2/c11-5-1-2-6-7(3-5)14(4-8(12)13)10(16)9(6)15/h1-3,8H,4H2. The predicted octanol–water partition coefficient (Wildman–Crippen LogP) is 2.13. The van der Waals surface area contributed by atoms with Crippen molar-refractivity contribution in [3.05, 3.63) is 28.8 Å². The first-order chi connectivity index (χ1) is 7.50. The first-order valence-corrected chi connectivity index (χ1v) is 4.82. The van der Waals surface area contributed by atoms with Gasteiger partial charge >= 0.3 is 0 Å². The minimum Gasteiger partial charge on any atom is -0.299 e.